The first-order chi connectivity index (χ1) is 15.1. The predicted octanol–water partition coefficient (Wildman–Crippen LogP) is 5.56. The van der Waals surface area contributed by atoms with Gasteiger partial charge in [0.25, 0.3) is 5.78 Å². The number of benzene rings is 2. The number of aliphatic hydroxyl groups excluding tert-OH is 1. The van der Waals surface area contributed by atoms with Gasteiger partial charge in [0.05, 0.1) is 11.6 Å². The number of Topliss-reactive ketones (excluding diaryl/α,β-unsaturated/α-hetero) is 1. The fourth-order valence-corrected chi connectivity index (χ4v) is 3.91. The minimum atomic E-state index is -0.857. The number of hydrogen-bond acceptors (Lipinski definition) is 5. The number of aliphatic hydroxyl groups is 1. The van der Waals surface area contributed by atoms with Crippen molar-refractivity contribution in [2.45, 2.75) is 39.2 Å². The van der Waals surface area contributed by atoms with E-state index in [0.29, 0.717) is 21.9 Å². The van der Waals surface area contributed by atoms with Gasteiger partial charge in [-0.3, -0.25) is 14.5 Å². The number of carbonyl (C=O) groups excluding carboxylic acids is 2. The van der Waals surface area contributed by atoms with Gasteiger partial charge in [-0.05, 0) is 47.7 Å². The molecular formula is C25H23ClN2O4. The number of rotatable bonds is 3. The Bertz CT molecular complexity index is 1220. The molecule has 32 heavy (non-hydrogen) atoms. The Morgan fingerprint density at radius 2 is 1.69 bits per heavy atom. The van der Waals surface area contributed by atoms with Crippen molar-refractivity contribution in [3.8, 4) is 0 Å². The first-order valence-electron chi connectivity index (χ1n) is 10.2. The smallest absolute Gasteiger partial charge is 0.301 e. The van der Waals surface area contributed by atoms with Crippen LogP contribution in [-0.2, 0) is 15.0 Å². The molecule has 1 aromatic heterocycles. The highest BCUT2D eigenvalue weighted by Gasteiger charge is 2.48. The van der Waals surface area contributed by atoms with Crippen molar-refractivity contribution in [2.75, 3.05) is 4.90 Å². The maximum atomic E-state index is 13.1. The Kier molecular flexibility index (Phi) is 5.42. The van der Waals surface area contributed by atoms with Crippen LogP contribution in [0.4, 0.5) is 5.82 Å². The molecule has 1 amide bonds. The zero-order chi connectivity index (χ0) is 23.2. The van der Waals surface area contributed by atoms with Crippen LogP contribution in [-0.4, -0.2) is 22.0 Å². The van der Waals surface area contributed by atoms with E-state index in [1.165, 1.54) is 4.90 Å². The first-order valence-corrected chi connectivity index (χ1v) is 10.6. The van der Waals surface area contributed by atoms with Gasteiger partial charge in [-0.15, -0.1) is 0 Å². The summed E-state index contributed by atoms with van der Waals surface area (Å²) in [7, 11) is 0. The Hall–Kier alpha value is -3.38. The van der Waals surface area contributed by atoms with E-state index in [2.05, 4.69) is 25.9 Å². The van der Waals surface area contributed by atoms with Crippen molar-refractivity contribution < 1.29 is 19.2 Å². The van der Waals surface area contributed by atoms with Crippen molar-refractivity contribution in [3.05, 3.63) is 87.6 Å². The number of ketones is 1. The zero-order valence-corrected chi connectivity index (χ0v) is 19.0. The van der Waals surface area contributed by atoms with Crippen molar-refractivity contribution in [1.29, 1.82) is 0 Å². The second-order valence-electron chi connectivity index (χ2n) is 8.84. The van der Waals surface area contributed by atoms with E-state index in [1.807, 2.05) is 24.3 Å². The first kappa shape index (κ1) is 21.8. The summed E-state index contributed by atoms with van der Waals surface area (Å²) in [5.41, 5.74) is 2.09. The predicted molar refractivity (Wildman–Crippen MR) is 123 cm³/mol. The molecule has 6 nitrogen and oxygen atoms in total. The van der Waals surface area contributed by atoms with E-state index >= 15 is 0 Å². The van der Waals surface area contributed by atoms with Crippen LogP contribution in [0.5, 0.6) is 0 Å². The molecule has 0 saturated carbocycles. The van der Waals surface area contributed by atoms with Crippen molar-refractivity contribution in [2.24, 2.45) is 0 Å². The van der Waals surface area contributed by atoms with E-state index in [1.54, 1.807) is 37.3 Å². The van der Waals surface area contributed by atoms with Crippen LogP contribution in [0.1, 0.15) is 49.3 Å². The van der Waals surface area contributed by atoms with Gasteiger partial charge >= 0.3 is 5.91 Å². The van der Waals surface area contributed by atoms with Gasteiger partial charge in [0, 0.05) is 16.7 Å². The molecule has 1 N–H and O–H groups in total. The summed E-state index contributed by atoms with van der Waals surface area (Å²) in [6.45, 7) is 8.01. The Morgan fingerprint density at radius 3 is 2.22 bits per heavy atom. The molecule has 1 saturated heterocycles. The van der Waals surface area contributed by atoms with Crippen LogP contribution in [0.3, 0.4) is 0 Å². The van der Waals surface area contributed by atoms with Crippen LogP contribution in [0, 0.1) is 6.92 Å². The minimum Gasteiger partial charge on any atom is -0.507 e. The SMILES string of the molecule is Cc1cc(N2C(=O)C(=O)/C(=C(/O)c3ccc(Cl)cc3)[C@H]2c2ccc(C(C)(C)C)cc2)no1. The van der Waals surface area contributed by atoms with Gasteiger partial charge in [-0.2, -0.15) is 0 Å². The fourth-order valence-electron chi connectivity index (χ4n) is 3.78. The van der Waals surface area contributed by atoms with Crippen molar-refractivity contribution >= 4 is 34.9 Å². The molecule has 0 unspecified atom stereocenters. The van der Waals surface area contributed by atoms with Gasteiger partial charge in [-0.25, -0.2) is 0 Å². The second kappa shape index (κ2) is 7.95. The summed E-state index contributed by atoms with van der Waals surface area (Å²) in [5, 5.41) is 15.5. The fraction of sp³-hybridized carbons (Fsp3) is 0.240. The maximum Gasteiger partial charge on any atom is 0.301 e. The highest BCUT2D eigenvalue weighted by atomic mass is 35.5. The Morgan fingerprint density at radius 1 is 1.06 bits per heavy atom. The molecule has 164 valence electrons. The number of aryl methyl sites for hydroxylation is 1. The Labute approximate surface area is 191 Å². The van der Waals surface area contributed by atoms with E-state index in [-0.39, 0.29) is 22.6 Å². The third kappa shape index (κ3) is 3.82. The molecule has 0 spiro atoms. The molecule has 2 heterocycles. The molecule has 0 bridgehead atoms. The lowest BCUT2D eigenvalue weighted by molar-refractivity contribution is -0.132. The average molecular weight is 451 g/mol. The second-order valence-corrected chi connectivity index (χ2v) is 9.28. The van der Waals surface area contributed by atoms with Gasteiger partial charge < -0.3 is 9.63 Å². The number of amides is 1. The number of aromatic nitrogens is 1. The van der Waals surface area contributed by atoms with Crippen LogP contribution >= 0.6 is 11.6 Å². The normalized spacial score (nSPS) is 18.4. The largest absolute Gasteiger partial charge is 0.507 e. The number of anilines is 1. The van der Waals surface area contributed by atoms with E-state index < -0.39 is 17.7 Å². The monoisotopic (exact) mass is 450 g/mol. The standard InChI is InChI=1S/C25H23ClN2O4/c1-14-13-19(27-32-14)28-21(15-5-9-17(10-6-15)25(2,3)4)20(23(30)24(28)31)22(29)16-7-11-18(26)12-8-16/h5-13,21,29H,1-4H3/b22-20+/t21-/m1/s1. The molecule has 0 radical (unpaired) electrons. The summed E-state index contributed by atoms with van der Waals surface area (Å²) in [4.78, 5) is 27.4. The third-order valence-electron chi connectivity index (χ3n) is 5.52. The molecule has 4 rings (SSSR count). The number of carbonyl (C=O) groups is 2. The average Bonchev–Trinajstić information content (AvgIpc) is 3.28. The molecule has 1 atom stereocenters. The van der Waals surface area contributed by atoms with Gasteiger partial charge in [-0.1, -0.05) is 61.8 Å². The summed E-state index contributed by atoms with van der Waals surface area (Å²) < 4.78 is 5.15. The summed E-state index contributed by atoms with van der Waals surface area (Å²) >= 11 is 5.96. The molecular weight excluding hydrogens is 428 g/mol. The quantitative estimate of drug-likeness (QED) is 0.321. The minimum absolute atomic E-state index is 0.0125. The van der Waals surface area contributed by atoms with Crippen LogP contribution < -0.4 is 4.90 Å². The number of halogens is 1. The van der Waals surface area contributed by atoms with Crippen LogP contribution in [0.15, 0.2) is 64.7 Å². The molecule has 0 aliphatic carbocycles. The molecule has 1 aliphatic heterocycles. The third-order valence-corrected chi connectivity index (χ3v) is 5.77. The molecule has 7 heteroatoms. The zero-order valence-electron chi connectivity index (χ0n) is 18.2. The van der Waals surface area contributed by atoms with Crippen molar-refractivity contribution in [3.63, 3.8) is 0 Å². The number of nitrogens with zero attached hydrogens (tertiary/aromatic N) is 2. The summed E-state index contributed by atoms with van der Waals surface area (Å²) in [6.07, 6.45) is 0. The van der Waals surface area contributed by atoms with E-state index in [0.717, 1.165) is 5.56 Å². The molecule has 1 aliphatic rings. The summed E-state index contributed by atoms with van der Waals surface area (Å²) in [5.74, 6) is -1.12. The lowest BCUT2D eigenvalue weighted by Gasteiger charge is -2.24. The highest BCUT2D eigenvalue weighted by Crippen LogP contribution is 2.42. The van der Waals surface area contributed by atoms with Crippen molar-refractivity contribution in [1.82, 2.24) is 5.16 Å². The van der Waals surface area contributed by atoms with E-state index in [4.69, 9.17) is 16.1 Å². The van der Waals surface area contributed by atoms with Crippen LogP contribution in [0.2, 0.25) is 5.02 Å². The Balaban J connectivity index is 1.91. The van der Waals surface area contributed by atoms with Gasteiger partial charge in [0.15, 0.2) is 5.82 Å². The lowest BCUT2D eigenvalue weighted by Crippen LogP contribution is -2.29. The van der Waals surface area contributed by atoms with E-state index in [9.17, 15) is 14.7 Å². The molecule has 1 fully saturated rings. The molecule has 2 aromatic carbocycles. The van der Waals surface area contributed by atoms with Crippen LogP contribution in [0.25, 0.3) is 5.76 Å². The lowest BCUT2D eigenvalue weighted by atomic mass is 9.85. The number of hydrogen-bond donors (Lipinski definition) is 1. The highest BCUT2D eigenvalue weighted by molar-refractivity contribution is 6.51. The molecule has 3 aromatic rings. The van der Waals surface area contributed by atoms with Gasteiger partial charge in [0.1, 0.15) is 11.5 Å². The summed E-state index contributed by atoms with van der Waals surface area (Å²) in [6, 6.07) is 14.8. The van der Waals surface area contributed by atoms with Gasteiger partial charge in [0.2, 0.25) is 0 Å². The topological polar surface area (TPSA) is 83.6 Å². The maximum absolute atomic E-state index is 13.1.